The van der Waals surface area contributed by atoms with Crippen molar-refractivity contribution in [3.63, 3.8) is 0 Å². The number of primary amides is 1. The fourth-order valence-corrected chi connectivity index (χ4v) is 2.71. The second kappa shape index (κ2) is 4.86. The van der Waals surface area contributed by atoms with Crippen molar-refractivity contribution in [3.8, 4) is 0 Å². The Morgan fingerprint density at radius 1 is 1.77 bits per heavy atom. The molecule has 2 N–H and O–H groups in total. The third kappa shape index (κ3) is 2.61. The molecular formula is C9H18N2OS. The van der Waals surface area contributed by atoms with E-state index in [4.69, 9.17) is 5.73 Å². The molecule has 0 aromatic rings. The topological polar surface area (TPSA) is 46.3 Å². The molecule has 0 aromatic carbocycles. The molecule has 1 amide bonds. The molecule has 1 aliphatic heterocycles. The molecule has 0 aromatic heterocycles. The lowest BCUT2D eigenvalue weighted by atomic mass is 10.1. The molecule has 1 heterocycles. The van der Waals surface area contributed by atoms with Gasteiger partial charge in [-0.2, -0.15) is 11.8 Å². The Labute approximate surface area is 84.0 Å². The number of hydrogen-bond acceptors (Lipinski definition) is 3. The van der Waals surface area contributed by atoms with Crippen molar-refractivity contribution in [1.29, 1.82) is 0 Å². The summed E-state index contributed by atoms with van der Waals surface area (Å²) in [5.41, 5.74) is 5.36. The average molecular weight is 202 g/mol. The van der Waals surface area contributed by atoms with E-state index in [9.17, 15) is 4.79 Å². The van der Waals surface area contributed by atoms with Gasteiger partial charge in [0.15, 0.2) is 0 Å². The summed E-state index contributed by atoms with van der Waals surface area (Å²) in [4.78, 5) is 13.4. The van der Waals surface area contributed by atoms with Crippen molar-refractivity contribution in [2.75, 3.05) is 18.1 Å². The van der Waals surface area contributed by atoms with Crippen LogP contribution in [-0.2, 0) is 4.79 Å². The Bertz CT molecular complexity index is 186. The third-order valence-electron chi connectivity index (χ3n) is 2.66. The first-order valence-corrected chi connectivity index (χ1v) is 5.95. The van der Waals surface area contributed by atoms with Gasteiger partial charge < -0.3 is 5.73 Å². The molecule has 3 nitrogen and oxygen atoms in total. The van der Waals surface area contributed by atoms with Crippen LogP contribution in [-0.4, -0.2) is 40.9 Å². The van der Waals surface area contributed by atoms with Crippen LogP contribution in [0.4, 0.5) is 0 Å². The fourth-order valence-electron chi connectivity index (χ4n) is 1.62. The van der Waals surface area contributed by atoms with E-state index in [-0.39, 0.29) is 11.9 Å². The maximum atomic E-state index is 11.2. The number of nitrogens with zero attached hydrogens (tertiary/aromatic N) is 1. The Hall–Kier alpha value is -0.220. The van der Waals surface area contributed by atoms with Crippen LogP contribution < -0.4 is 5.73 Å². The van der Waals surface area contributed by atoms with Gasteiger partial charge in [0.25, 0.3) is 0 Å². The number of carbonyl (C=O) groups is 1. The van der Waals surface area contributed by atoms with E-state index in [2.05, 4.69) is 18.7 Å². The Morgan fingerprint density at radius 2 is 2.46 bits per heavy atom. The van der Waals surface area contributed by atoms with Crippen LogP contribution in [0.25, 0.3) is 0 Å². The predicted octanol–water partition coefficient (Wildman–Crippen LogP) is 0.688. The molecule has 0 spiro atoms. The number of thioether (sulfide) groups is 1. The molecule has 2 atom stereocenters. The molecule has 0 saturated carbocycles. The van der Waals surface area contributed by atoms with Gasteiger partial charge in [0.2, 0.25) is 5.91 Å². The standard InChI is InChI=1S/C9H18N2OS/c1-3-7(2)11-4-5-13-6-8(11)9(10)12/h7-8H,3-6H2,1-2H3,(H2,10,12). The molecule has 0 radical (unpaired) electrons. The molecule has 76 valence electrons. The maximum Gasteiger partial charge on any atom is 0.235 e. The Kier molecular flexibility index (Phi) is 4.06. The number of carbonyl (C=O) groups excluding carboxylic acids is 1. The molecule has 0 bridgehead atoms. The van der Waals surface area contributed by atoms with Crippen LogP contribution in [0.3, 0.4) is 0 Å². The second-order valence-electron chi connectivity index (χ2n) is 3.49. The fraction of sp³-hybridized carbons (Fsp3) is 0.889. The van der Waals surface area contributed by atoms with Crippen LogP contribution in [0.1, 0.15) is 20.3 Å². The van der Waals surface area contributed by atoms with Crippen LogP contribution in [0.2, 0.25) is 0 Å². The number of hydrogen-bond donors (Lipinski definition) is 1. The second-order valence-corrected chi connectivity index (χ2v) is 4.64. The van der Waals surface area contributed by atoms with E-state index in [1.165, 1.54) is 0 Å². The van der Waals surface area contributed by atoms with Crippen molar-refractivity contribution in [3.05, 3.63) is 0 Å². The van der Waals surface area contributed by atoms with Gasteiger partial charge >= 0.3 is 0 Å². The molecule has 0 aliphatic carbocycles. The van der Waals surface area contributed by atoms with E-state index < -0.39 is 0 Å². The summed E-state index contributed by atoms with van der Waals surface area (Å²) in [6.07, 6.45) is 1.08. The van der Waals surface area contributed by atoms with Gasteiger partial charge in [-0.15, -0.1) is 0 Å². The van der Waals surface area contributed by atoms with Gasteiger partial charge in [-0.3, -0.25) is 9.69 Å². The van der Waals surface area contributed by atoms with Crippen LogP contribution in [0.15, 0.2) is 0 Å². The van der Waals surface area contributed by atoms with Crippen LogP contribution >= 0.6 is 11.8 Å². The molecule has 1 fully saturated rings. The van der Waals surface area contributed by atoms with Crippen molar-refractivity contribution in [2.45, 2.75) is 32.4 Å². The average Bonchev–Trinajstić information content (AvgIpc) is 2.16. The smallest absolute Gasteiger partial charge is 0.235 e. The quantitative estimate of drug-likeness (QED) is 0.732. The number of rotatable bonds is 3. The highest BCUT2D eigenvalue weighted by Crippen LogP contribution is 2.19. The molecule has 2 unspecified atom stereocenters. The van der Waals surface area contributed by atoms with Gasteiger partial charge in [0.05, 0.1) is 6.04 Å². The maximum absolute atomic E-state index is 11.2. The normalized spacial score (nSPS) is 27.1. The van der Waals surface area contributed by atoms with Crippen molar-refractivity contribution < 1.29 is 4.79 Å². The van der Waals surface area contributed by atoms with E-state index in [1.54, 1.807) is 0 Å². The van der Waals surface area contributed by atoms with Gasteiger partial charge in [-0.05, 0) is 13.3 Å². The van der Waals surface area contributed by atoms with E-state index in [0.717, 1.165) is 24.5 Å². The zero-order valence-corrected chi connectivity index (χ0v) is 9.14. The first-order valence-electron chi connectivity index (χ1n) is 4.79. The minimum atomic E-state index is -0.174. The monoisotopic (exact) mass is 202 g/mol. The van der Waals surface area contributed by atoms with Crippen LogP contribution in [0.5, 0.6) is 0 Å². The van der Waals surface area contributed by atoms with Crippen molar-refractivity contribution in [1.82, 2.24) is 4.90 Å². The molecular weight excluding hydrogens is 184 g/mol. The zero-order chi connectivity index (χ0) is 9.84. The van der Waals surface area contributed by atoms with Crippen LogP contribution in [0, 0.1) is 0 Å². The number of nitrogens with two attached hydrogens (primary N) is 1. The minimum absolute atomic E-state index is 0.0475. The van der Waals surface area contributed by atoms with Gasteiger partial charge in [0, 0.05) is 24.1 Å². The highest BCUT2D eigenvalue weighted by Gasteiger charge is 2.29. The summed E-state index contributed by atoms with van der Waals surface area (Å²) >= 11 is 1.82. The van der Waals surface area contributed by atoms with E-state index >= 15 is 0 Å². The summed E-state index contributed by atoms with van der Waals surface area (Å²) < 4.78 is 0. The lowest BCUT2D eigenvalue weighted by Gasteiger charge is -2.37. The molecule has 13 heavy (non-hydrogen) atoms. The zero-order valence-electron chi connectivity index (χ0n) is 8.32. The first kappa shape index (κ1) is 10.9. The molecule has 1 aliphatic rings. The van der Waals surface area contributed by atoms with Crippen molar-refractivity contribution in [2.24, 2.45) is 5.73 Å². The third-order valence-corrected chi connectivity index (χ3v) is 3.68. The summed E-state index contributed by atoms with van der Waals surface area (Å²) in [5, 5.41) is 0. The van der Waals surface area contributed by atoms with Crippen molar-refractivity contribution >= 4 is 17.7 Å². The number of amides is 1. The summed E-state index contributed by atoms with van der Waals surface area (Å²) in [6, 6.07) is 0.423. The minimum Gasteiger partial charge on any atom is -0.368 e. The molecule has 1 rings (SSSR count). The lowest BCUT2D eigenvalue weighted by molar-refractivity contribution is -0.123. The summed E-state index contributed by atoms with van der Waals surface area (Å²) in [6.45, 7) is 5.30. The van der Waals surface area contributed by atoms with Gasteiger partial charge in [-0.25, -0.2) is 0 Å². The molecule has 4 heteroatoms. The largest absolute Gasteiger partial charge is 0.368 e. The predicted molar refractivity (Wildman–Crippen MR) is 56.8 cm³/mol. The highest BCUT2D eigenvalue weighted by atomic mass is 32.2. The van der Waals surface area contributed by atoms with Gasteiger partial charge in [-0.1, -0.05) is 6.92 Å². The Balaban J connectivity index is 2.61. The Morgan fingerprint density at radius 3 is 3.00 bits per heavy atom. The molecule has 1 saturated heterocycles. The highest BCUT2D eigenvalue weighted by molar-refractivity contribution is 7.99. The first-order chi connectivity index (χ1) is 6.16. The SMILES string of the molecule is CCC(C)N1CCSCC1C(N)=O. The van der Waals surface area contributed by atoms with E-state index in [1.807, 2.05) is 11.8 Å². The van der Waals surface area contributed by atoms with Gasteiger partial charge in [0.1, 0.15) is 0 Å². The lowest BCUT2D eigenvalue weighted by Crippen LogP contribution is -2.53. The summed E-state index contributed by atoms with van der Waals surface area (Å²) in [7, 11) is 0. The summed E-state index contributed by atoms with van der Waals surface area (Å²) in [5.74, 6) is 1.81. The van der Waals surface area contributed by atoms with E-state index in [0.29, 0.717) is 6.04 Å².